The number of para-hydroxylation sites is 1. The van der Waals surface area contributed by atoms with Gasteiger partial charge in [-0.2, -0.15) is 0 Å². The van der Waals surface area contributed by atoms with Crippen molar-refractivity contribution in [3.63, 3.8) is 0 Å². The summed E-state index contributed by atoms with van der Waals surface area (Å²) in [6.45, 7) is 0. The molecule has 7 nitrogen and oxygen atoms in total. The molecule has 154 valence electrons. The van der Waals surface area contributed by atoms with Crippen LogP contribution in [0.5, 0.6) is 0 Å². The van der Waals surface area contributed by atoms with Crippen molar-refractivity contribution in [2.24, 2.45) is 0 Å². The number of imidazole rings is 1. The molecule has 31 heavy (non-hydrogen) atoms. The maximum atomic E-state index is 13.0. The SMILES string of the molecule is COC(=O)Cc1cn(-c2ccccc2)c(NC(=O)c2cccc(-c3ccncc3)c2)n1. The van der Waals surface area contributed by atoms with E-state index in [9.17, 15) is 9.59 Å². The average Bonchev–Trinajstić information content (AvgIpc) is 3.22. The highest BCUT2D eigenvalue weighted by Gasteiger charge is 2.16. The molecule has 2 heterocycles. The van der Waals surface area contributed by atoms with Crippen LogP contribution in [0.4, 0.5) is 5.95 Å². The van der Waals surface area contributed by atoms with Gasteiger partial charge in [0.1, 0.15) is 0 Å². The van der Waals surface area contributed by atoms with E-state index in [-0.39, 0.29) is 12.3 Å². The molecule has 0 fully saturated rings. The lowest BCUT2D eigenvalue weighted by molar-refractivity contribution is -0.139. The van der Waals surface area contributed by atoms with E-state index >= 15 is 0 Å². The fourth-order valence-corrected chi connectivity index (χ4v) is 3.17. The predicted molar refractivity (Wildman–Crippen MR) is 117 cm³/mol. The summed E-state index contributed by atoms with van der Waals surface area (Å²) in [7, 11) is 1.33. The van der Waals surface area contributed by atoms with E-state index in [2.05, 4.69) is 15.3 Å². The van der Waals surface area contributed by atoms with E-state index < -0.39 is 5.97 Å². The number of ether oxygens (including phenoxy) is 1. The summed E-state index contributed by atoms with van der Waals surface area (Å²) in [5.74, 6) is -0.381. The number of amides is 1. The number of nitrogens with one attached hydrogen (secondary N) is 1. The zero-order valence-electron chi connectivity index (χ0n) is 16.9. The number of hydrogen-bond acceptors (Lipinski definition) is 5. The first-order valence-corrected chi connectivity index (χ1v) is 9.66. The van der Waals surface area contributed by atoms with Gasteiger partial charge >= 0.3 is 5.97 Å². The minimum absolute atomic E-state index is 0.0106. The Morgan fingerprint density at radius 1 is 0.968 bits per heavy atom. The summed E-state index contributed by atoms with van der Waals surface area (Å²) in [4.78, 5) is 33.2. The summed E-state index contributed by atoms with van der Waals surface area (Å²) >= 11 is 0. The minimum Gasteiger partial charge on any atom is -0.469 e. The largest absolute Gasteiger partial charge is 0.469 e. The second-order valence-electron chi connectivity index (χ2n) is 6.79. The molecule has 2 aromatic heterocycles. The Balaban J connectivity index is 1.64. The zero-order chi connectivity index (χ0) is 21.6. The van der Waals surface area contributed by atoms with Crippen molar-refractivity contribution >= 4 is 17.8 Å². The van der Waals surface area contributed by atoms with Gasteiger partial charge in [0.15, 0.2) is 0 Å². The Bertz CT molecular complexity index is 1200. The fraction of sp³-hybridized carbons (Fsp3) is 0.0833. The number of aromatic nitrogens is 3. The van der Waals surface area contributed by atoms with Crippen molar-refractivity contribution in [3.8, 4) is 16.8 Å². The highest BCUT2D eigenvalue weighted by atomic mass is 16.5. The number of pyridine rings is 1. The number of hydrogen-bond donors (Lipinski definition) is 1. The molecule has 1 N–H and O–H groups in total. The van der Waals surface area contributed by atoms with E-state index in [1.165, 1.54) is 7.11 Å². The van der Waals surface area contributed by atoms with E-state index in [0.29, 0.717) is 17.2 Å². The summed E-state index contributed by atoms with van der Waals surface area (Å²) in [5, 5.41) is 2.86. The number of methoxy groups -OCH3 is 1. The molecule has 4 aromatic rings. The van der Waals surface area contributed by atoms with Crippen molar-refractivity contribution in [2.45, 2.75) is 6.42 Å². The van der Waals surface area contributed by atoms with Crippen LogP contribution in [-0.2, 0) is 16.0 Å². The van der Waals surface area contributed by atoms with E-state index in [1.54, 1.807) is 29.2 Å². The quantitative estimate of drug-likeness (QED) is 0.486. The molecule has 0 atom stereocenters. The molecule has 0 radical (unpaired) electrons. The van der Waals surface area contributed by atoms with E-state index in [1.807, 2.05) is 60.7 Å². The van der Waals surface area contributed by atoms with Gasteiger partial charge in [0, 0.05) is 29.8 Å². The fourth-order valence-electron chi connectivity index (χ4n) is 3.17. The number of rotatable bonds is 6. The second kappa shape index (κ2) is 9.04. The molecule has 0 aliphatic carbocycles. The number of esters is 1. The number of carbonyl (C=O) groups excluding carboxylic acids is 2. The number of anilines is 1. The smallest absolute Gasteiger partial charge is 0.311 e. The molecule has 0 aliphatic rings. The third kappa shape index (κ3) is 4.67. The molecule has 0 spiro atoms. The lowest BCUT2D eigenvalue weighted by atomic mass is 10.0. The normalized spacial score (nSPS) is 10.5. The van der Waals surface area contributed by atoms with E-state index in [4.69, 9.17) is 4.74 Å². The Kier molecular flexibility index (Phi) is 5.84. The molecule has 2 aromatic carbocycles. The van der Waals surface area contributed by atoms with Crippen LogP contribution >= 0.6 is 0 Å². The molecule has 0 aliphatic heterocycles. The van der Waals surface area contributed by atoms with Crippen LogP contribution in [0, 0.1) is 0 Å². The van der Waals surface area contributed by atoms with Gasteiger partial charge in [-0.1, -0.05) is 30.3 Å². The lowest BCUT2D eigenvalue weighted by Crippen LogP contribution is -2.15. The Labute approximate surface area is 179 Å². The van der Waals surface area contributed by atoms with Crippen LogP contribution in [0.15, 0.2) is 85.3 Å². The Morgan fingerprint density at radius 2 is 1.74 bits per heavy atom. The molecule has 0 unspecified atom stereocenters. The van der Waals surface area contributed by atoms with Crippen LogP contribution in [0.3, 0.4) is 0 Å². The summed E-state index contributed by atoms with van der Waals surface area (Å²) in [6.07, 6.45) is 5.15. The zero-order valence-corrected chi connectivity index (χ0v) is 16.9. The highest BCUT2D eigenvalue weighted by Crippen LogP contribution is 2.21. The molecule has 0 bridgehead atoms. The third-order valence-corrected chi connectivity index (χ3v) is 4.71. The van der Waals surface area contributed by atoms with Crippen LogP contribution in [0.2, 0.25) is 0 Å². The molecule has 0 saturated carbocycles. The molecule has 0 saturated heterocycles. The first kappa shape index (κ1) is 20.0. The van der Waals surface area contributed by atoms with Crippen molar-refractivity contribution in [1.29, 1.82) is 0 Å². The second-order valence-corrected chi connectivity index (χ2v) is 6.79. The highest BCUT2D eigenvalue weighted by molar-refractivity contribution is 6.04. The molecule has 7 heteroatoms. The standard InChI is InChI=1S/C24H20N4O3/c1-31-22(29)15-20-16-28(21-8-3-2-4-9-21)24(26-20)27-23(30)19-7-5-6-18(14-19)17-10-12-25-13-11-17/h2-14,16H,15H2,1H3,(H,26,27,30). The van der Waals surface area contributed by atoms with Gasteiger partial charge in [-0.3, -0.25) is 24.5 Å². The third-order valence-electron chi connectivity index (χ3n) is 4.71. The monoisotopic (exact) mass is 412 g/mol. The van der Waals surface area contributed by atoms with Crippen molar-refractivity contribution < 1.29 is 14.3 Å². The lowest BCUT2D eigenvalue weighted by Gasteiger charge is -2.10. The summed E-state index contributed by atoms with van der Waals surface area (Å²) < 4.78 is 6.47. The molecule has 1 amide bonds. The summed E-state index contributed by atoms with van der Waals surface area (Å²) in [5.41, 5.74) is 3.68. The molecule has 4 rings (SSSR count). The minimum atomic E-state index is -0.402. The van der Waals surface area contributed by atoms with Gasteiger partial charge in [-0.25, -0.2) is 4.98 Å². The van der Waals surface area contributed by atoms with Crippen molar-refractivity contribution in [1.82, 2.24) is 14.5 Å². The first-order valence-electron chi connectivity index (χ1n) is 9.66. The predicted octanol–water partition coefficient (Wildman–Crippen LogP) is 3.90. The average molecular weight is 412 g/mol. The van der Waals surface area contributed by atoms with Crippen LogP contribution in [-0.4, -0.2) is 33.5 Å². The topological polar surface area (TPSA) is 86.1 Å². The van der Waals surface area contributed by atoms with Gasteiger partial charge in [0.2, 0.25) is 5.95 Å². The van der Waals surface area contributed by atoms with Crippen LogP contribution in [0.25, 0.3) is 16.8 Å². The van der Waals surface area contributed by atoms with Crippen LogP contribution < -0.4 is 5.32 Å². The Morgan fingerprint density at radius 3 is 2.48 bits per heavy atom. The van der Waals surface area contributed by atoms with Gasteiger partial charge in [-0.05, 0) is 47.5 Å². The number of carbonyl (C=O) groups is 2. The maximum Gasteiger partial charge on any atom is 0.311 e. The number of benzene rings is 2. The van der Waals surface area contributed by atoms with Gasteiger partial charge in [0.05, 0.1) is 19.2 Å². The molecular weight excluding hydrogens is 392 g/mol. The van der Waals surface area contributed by atoms with Crippen LogP contribution in [0.1, 0.15) is 16.1 Å². The van der Waals surface area contributed by atoms with Crippen molar-refractivity contribution in [3.05, 3.63) is 96.6 Å². The van der Waals surface area contributed by atoms with Crippen molar-refractivity contribution in [2.75, 3.05) is 12.4 Å². The first-order chi connectivity index (χ1) is 15.1. The summed E-state index contributed by atoms with van der Waals surface area (Å²) in [6, 6.07) is 20.6. The molecular formula is C24H20N4O3. The number of nitrogens with zero attached hydrogens (tertiary/aromatic N) is 3. The van der Waals surface area contributed by atoms with E-state index in [0.717, 1.165) is 16.8 Å². The van der Waals surface area contributed by atoms with Gasteiger partial charge in [0.25, 0.3) is 5.91 Å². The van der Waals surface area contributed by atoms with Gasteiger partial charge in [-0.15, -0.1) is 0 Å². The maximum absolute atomic E-state index is 13.0. The Hall–Kier alpha value is -4.26. The van der Waals surface area contributed by atoms with Gasteiger partial charge < -0.3 is 4.74 Å².